The largest absolute Gasteiger partial charge is 0.495 e. The van der Waals surface area contributed by atoms with Crippen molar-refractivity contribution < 1.29 is 32.6 Å². The number of amides is 2. The minimum atomic E-state index is -3.02. The summed E-state index contributed by atoms with van der Waals surface area (Å²) in [7, 11) is 2.85. The Labute approximate surface area is 194 Å². The molecule has 2 aromatic rings. The Balaban J connectivity index is 1.52. The first-order chi connectivity index (χ1) is 15.8. The number of rotatable bonds is 9. The Morgan fingerprint density at radius 2 is 1.85 bits per heavy atom. The minimum Gasteiger partial charge on any atom is -0.495 e. The topological polar surface area (TPSA) is 89.1 Å². The Kier molecular flexibility index (Phi) is 8.16. The van der Waals surface area contributed by atoms with E-state index in [4.69, 9.17) is 21.1 Å². The molecule has 1 aliphatic heterocycles. The normalized spacial score (nSPS) is 15.3. The lowest BCUT2D eigenvalue weighted by molar-refractivity contribution is -0.120. The summed E-state index contributed by atoms with van der Waals surface area (Å²) in [5, 5.41) is 5.99. The van der Waals surface area contributed by atoms with Gasteiger partial charge in [0.15, 0.2) is 11.5 Å². The van der Waals surface area contributed by atoms with Crippen LogP contribution in [-0.2, 0) is 4.79 Å². The summed E-state index contributed by atoms with van der Waals surface area (Å²) in [6.45, 7) is -1.98. The van der Waals surface area contributed by atoms with Crippen molar-refractivity contribution in [1.29, 1.82) is 0 Å². The number of nitrogens with zero attached hydrogens (tertiary/aromatic N) is 1. The van der Waals surface area contributed by atoms with Crippen LogP contribution in [0.3, 0.4) is 0 Å². The lowest BCUT2D eigenvalue weighted by atomic mass is 10.2. The van der Waals surface area contributed by atoms with E-state index in [0.717, 1.165) is 12.1 Å². The van der Waals surface area contributed by atoms with Gasteiger partial charge >= 0.3 is 6.61 Å². The maximum Gasteiger partial charge on any atom is 0.387 e. The van der Waals surface area contributed by atoms with Crippen molar-refractivity contribution in [3.63, 3.8) is 0 Å². The first-order valence-electron chi connectivity index (χ1n) is 10.1. The van der Waals surface area contributed by atoms with Gasteiger partial charge in [0, 0.05) is 29.7 Å². The summed E-state index contributed by atoms with van der Waals surface area (Å²) in [6, 6.07) is 9.02. The Hall–Kier alpha value is -3.27. The summed E-state index contributed by atoms with van der Waals surface area (Å²) < 4.78 is 39.6. The number of carbonyl (C=O) groups is 2. The van der Waals surface area contributed by atoms with E-state index in [1.807, 2.05) is 6.07 Å². The van der Waals surface area contributed by atoms with E-state index in [9.17, 15) is 18.4 Å². The Morgan fingerprint density at radius 1 is 1.12 bits per heavy atom. The molecule has 1 heterocycles. The summed E-state index contributed by atoms with van der Waals surface area (Å²) in [4.78, 5) is 26.8. The Bertz CT molecular complexity index is 1010. The number of hydrogen-bond donors (Lipinski definition) is 2. The van der Waals surface area contributed by atoms with Crippen molar-refractivity contribution in [2.45, 2.75) is 19.1 Å². The van der Waals surface area contributed by atoms with Crippen LogP contribution < -0.4 is 29.7 Å². The molecule has 178 valence electrons. The standard InChI is InChI=1S/C22H24ClF2N3O5/c1-31-17-6-4-14(23)10-16(17)28-8-7-15(12-28)27-20(29)11-26-21(30)13-3-5-18(33-22(24)25)19(9-13)32-2/h3-6,9-10,15,22H,7-8,11-12H2,1-2H3,(H,26,30)(H,27,29). The second-order valence-electron chi connectivity index (χ2n) is 7.24. The average Bonchev–Trinajstić information content (AvgIpc) is 3.25. The van der Waals surface area contributed by atoms with Crippen LogP contribution in [0.5, 0.6) is 17.2 Å². The highest BCUT2D eigenvalue weighted by Crippen LogP contribution is 2.33. The van der Waals surface area contributed by atoms with Gasteiger partial charge in [0.05, 0.1) is 26.5 Å². The maximum absolute atomic E-state index is 12.4. The van der Waals surface area contributed by atoms with Crippen molar-refractivity contribution in [3.8, 4) is 17.2 Å². The fourth-order valence-electron chi connectivity index (χ4n) is 3.55. The molecular weight excluding hydrogens is 460 g/mol. The van der Waals surface area contributed by atoms with Gasteiger partial charge in [0.1, 0.15) is 5.75 Å². The van der Waals surface area contributed by atoms with Crippen LogP contribution in [0.4, 0.5) is 14.5 Å². The first-order valence-corrected chi connectivity index (χ1v) is 10.5. The fourth-order valence-corrected chi connectivity index (χ4v) is 3.72. The average molecular weight is 484 g/mol. The van der Waals surface area contributed by atoms with Gasteiger partial charge in [-0.05, 0) is 42.8 Å². The molecule has 33 heavy (non-hydrogen) atoms. The second kappa shape index (κ2) is 11.0. The van der Waals surface area contributed by atoms with E-state index in [0.29, 0.717) is 23.9 Å². The molecule has 1 unspecified atom stereocenters. The molecule has 11 heteroatoms. The molecule has 0 radical (unpaired) electrons. The van der Waals surface area contributed by atoms with E-state index < -0.39 is 12.5 Å². The molecule has 2 amide bonds. The summed E-state index contributed by atoms with van der Waals surface area (Å²) in [6.07, 6.45) is 0.720. The summed E-state index contributed by atoms with van der Waals surface area (Å²) >= 11 is 6.10. The van der Waals surface area contributed by atoms with Gasteiger partial charge in [-0.3, -0.25) is 9.59 Å². The van der Waals surface area contributed by atoms with Crippen molar-refractivity contribution in [3.05, 3.63) is 47.0 Å². The molecule has 1 fully saturated rings. The summed E-state index contributed by atoms with van der Waals surface area (Å²) in [5.74, 6) is -0.417. The summed E-state index contributed by atoms with van der Waals surface area (Å²) in [5.41, 5.74) is 0.990. The van der Waals surface area contributed by atoms with Crippen LogP contribution in [0.15, 0.2) is 36.4 Å². The van der Waals surface area contributed by atoms with Crippen molar-refractivity contribution >= 4 is 29.1 Å². The van der Waals surface area contributed by atoms with Crippen LogP contribution in [0, 0.1) is 0 Å². The van der Waals surface area contributed by atoms with Gasteiger partial charge in [-0.25, -0.2) is 0 Å². The van der Waals surface area contributed by atoms with Gasteiger partial charge in [0.2, 0.25) is 5.91 Å². The second-order valence-corrected chi connectivity index (χ2v) is 7.68. The zero-order valence-electron chi connectivity index (χ0n) is 18.1. The highest BCUT2D eigenvalue weighted by Gasteiger charge is 2.26. The molecule has 2 N–H and O–H groups in total. The highest BCUT2D eigenvalue weighted by molar-refractivity contribution is 6.31. The van der Waals surface area contributed by atoms with Crippen LogP contribution in [-0.4, -0.2) is 58.3 Å². The van der Waals surface area contributed by atoms with Gasteiger partial charge in [-0.15, -0.1) is 0 Å². The predicted molar refractivity (Wildman–Crippen MR) is 119 cm³/mol. The molecule has 3 rings (SSSR count). The smallest absolute Gasteiger partial charge is 0.387 e. The number of ether oxygens (including phenoxy) is 3. The number of carbonyl (C=O) groups excluding carboxylic acids is 2. The van der Waals surface area contributed by atoms with E-state index in [-0.39, 0.29) is 35.6 Å². The van der Waals surface area contributed by atoms with E-state index in [1.165, 1.54) is 25.3 Å². The quantitative estimate of drug-likeness (QED) is 0.570. The van der Waals surface area contributed by atoms with Gasteiger partial charge < -0.3 is 29.7 Å². The van der Waals surface area contributed by atoms with Crippen LogP contribution in [0.2, 0.25) is 5.02 Å². The molecule has 1 saturated heterocycles. The van der Waals surface area contributed by atoms with E-state index >= 15 is 0 Å². The lowest BCUT2D eigenvalue weighted by Gasteiger charge is -2.21. The third kappa shape index (κ3) is 6.38. The minimum absolute atomic E-state index is 0.0186. The molecule has 8 nitrogen and oxygen atoms in total. The number of anilines is 1. The molecule has 0 aliphatic carbocycles. The highest BCUT2D eigenvalue weighted by atomic mass is 35.5. The Morgan fingerprint density at radius 3 is 2.55 bits per heavy atom. The van der Waals surface area contributed by atoms with Gasteiger partial charge in [-0.1, -0.05) is 11.6 Å². The number of hydrogen-bond acceptors (Lipinski definition) is 6. The van der Waals surface area contributed by atoms with E-state index in [2.05, 4.69) is 20.3 Å². The molecular formula is C22H24ClF2N3O5. The number of methoxy groups -OCH3 is 2. The first kappa shape index (κ1) is 24.4. The third-order valence-corrected chi connectivity index (χ3v) is 5.32. The van der Waals surface area contributed by atoms with Crippen LogP contribution >= 0.6 is 11.6 Å². The van der Waals surface area contributed by atoms with Gasteiger partial charge in [0.25, 0.3) is 5.91 Å². The molecule has 2 aromatic carbocycles. The fraction of sp³-hybridized carbons (Fsp3) is 0.364. The third-order valence-electron chi connectivity index (χ3n) is 5.09. The van der Waals surface area contributed by atoms with Crippen molar-refractivity contribution in [1.82, 2.24) is 10.6 Å². The SMILES string of the molecule is COc1cc(C(=O)NCC(=O)NC2CCN(c3cc(Cl)ccc3OC)C2)ccc1OC(F)F. The number of nitrogens with one attached hydrogen (secondary N) is 2. The molecule has 0 bridgehead atoms. The number of alkyl halides is 2. The lowest BCUT2D eigenvalue weighted by Crippen LogP contribution is -2.43. The zero-order valence-corrected chi connectivity index (χ0v) is 18.8. The molecule has 0 saturated carbocycles. The van der Waals surface area contributed by atoms with Crippen molar-refractivity contribution in [2.75, 3.05) is 38.8 Å². The maximum atomic E-state index is 12.4. The predicted octanol–water partition coefficient (Wildman–Crippen LogP) is 3.08. The number of benzene rings is 2. The molecule has 0 aromatic heterocycles. The van der Waals surface area contributed by atoms with Crippen LogP contribution in [0.25, 0.3) is 0 Å². The molecule has 1 aliphatic rings. The van der Waals surface area contributed by atoms with Crippen LogP contribution in [0.1, 0.15) is 16.8 Å². The van der Waals surface area contributed by atoms with Crippen molar-refractivity contribution in [2.24, 2.45) is 0 Å². The molecule has 1 atom stereocenters. The zero-order chi connectivity index (χ0) is 24.0. The van der Waals surface area contributed by atoms with Gasteiger partial charge in [-0.2, -0.15) is 8.78 Å². The number of halogens is 3. The monoisotopic (exact) mass is 483 g/mol. The van der Waals surface area contributed by atoms with E-state index in [1.54, 1.807) is 19.2 Å². The molecule has 0 spiro atoms.